The molecule has 8 heterocycles. The van der Waals surface area contributed by atoms with Gasteiger partial charge in [-0.1, -0.05) is 55.3 Å². The number of halogens is 1. The normalized spacial score (nSPS) is 14.0. The summed E-state index contributed by atoms with van der Waals surface area (Å²) in [4.78, 5) is 100. The van der Waals surface area contributed by atoms with Crippen LogP contribution in [0.1, 0.15) is 137 Å². The van der Waals surface area contributed by atoms with Crippen molar-refractivity contribution in [2.75, 3.05) is 19.7 Å². The van der Waals surface area contributed by atoms with Crippen molar-refractivity contribution in [2.24, 2.45) is 5.73 Å². The molecule has 8 aromatic heterocycles. The molecule has 0 spiro atoms. The number of amides is 3. The van der Waals surface area contributed by atoms with E-state index in [2.05, 4.69) is 35.9 Å². The Morgan fingerprint density at radius 3 is 1.54 bits per heavy atom. The van der Waals surface area contributed by atoms with E-state index in [4.69, 9.17) is 37.0 Å². The Morgan fingerprint density at radius 1 is 0.635 bits per heavy atom. The number of carbonyl (C=O) groups is 7. The molecule has 0 saturated heterocycles. The first-order chi connectivity index (χ1) is 40.5. The van der Waals surface area contributed by atoms with E-state index in [1.54, 1.807) is 42.9 Å². The molecule has 0 unspecified atom stereocenters. The number of nitrogens with two attached hydrogens (primary N) is 1. The van der Waals surface area contributed by atoms with E-state index in [1.165, 1.54) is 88.6 Å². The van der Waals surface area contributed by atoms with E-state index in [0.717, 1.165) is 66.8 Å². The van der Waals surface area contributed by atoms with Crippen LogP contribution in [0, 0.1) is 0 Å². The maximum atomic E-state index is 12.9. The van der Waals surface area contributed by atoms with E-state index in [0.29, 0.717) is 54.0 Å². The van der Waals surface area contributed by atoms with Gasteiger partial charge in [-0.3, -0.25) is 34.3 Å². The van der Waals surface area contributed by atoms with E-state index in [1.807, 2.05) is 55.5 Å². The average Bonchev–Trinajstić information content (AvgIpc) is 4.63. The third-order valence-corrected chi connectivity index (χ3v) is 18.5. The van der Waals surface area contributed by atoms with Crippen LogP contribution in [0.2, 0.25) is 5.02 Å². The number of benzene rings is 1. The number of fused-ring (bicyclic) bond motifs is 4. The second-order valence-corrected chi connectivity index (χ2v) is 24.5. The minimum atomic E-state index is -1.20. The van der Waals surface area contributed by atoms with Gasteiger partial charge in [-0.25, -0.2) is 14.4 Å². The van der Waals surface area contributed by atoms with Crippen LogP contribution in [0.4, 0.5) is 4.79 Å². The first kappa shape index (κ1) is 63.6. The zero-order chi connectivity index (χ0) is 59.4. The molecular formula is C59H56ClLiN8O12S4. The summed E-state index contributed by atoms with van der Waals surface area (Å²) in [6.07, 6.45) is 14.8. The molecular weight excluding hydrogens is 1180 g/mol. The maximum Gasteiger partial charge on any atom is 1.00 e. The summed E-state index contributed by atoms with van der Waals surface area (Å²) in [7, 11) is 0. The standard InChI is InChI=1S/C26H29N3O5S.C14H15N3O3S.C11H9NO2S.C8H4ClNO2S.Li/c1-2-3-13-33-25(31)21(29-26(32)34-16-17-7-5-4-6-8-17)15-28-24(30)22-14-20-23(35-22)19(11-12-27-20)18-9-10-18;15-9(14(19)20)6-17-13(18)11-5-10-12(21-11)8(3-4-16-10)7-1-2-7;13-11(14)9-5-8-10(15-9)7(3-4-12-8)6-1-2-6;9-4-1-2-10-5-3-6(8(11)12)13-7(4)5;/h4-8,11-12,14,18,21H,2-3,9-10,13,15-16H2,1H3,(H,28,30)(H,29,32);3-5,7,9H,1-2,6,15H2,(H,17,18)(H,19,20);3-6H,1-2H2,(H,13,14);1-3H,(H,11,12);/q;;;;+1/p-1/t21-;9-;;;/m11.../s1. The van der Waals surface area contributed by atoms with Gasteiger partial charge in [0.15, 0.2) is 0 Å². The Bertz CT molecular complexity index is 3880. The van der Waals surface area contributed by atoms with Gasteiger partial charge in [0, 0.05) is 37.9 Å². The van der Waals surface area contributed by atoms with E-state index in [9.17, 15) is 38.7 Å². The number of alkyl carbamates (subject to hydrolysis) is 1. The molecule has 9 aromatic rings. The maximum absolute atomic E-state index is 12.9. The number of carboxylic acid groups (broad SMARTS) is 3. The zero-order valence-electron chi connectivity index (χ0n) is 46.0. The van der Waals surface area contributed by atoms with Crippen LogP contribution >= 0.6 is 56.9 Å². The van der Waals surface area contributed by atoms with Crippen molar-refractivity contribution in [1.29, 1.82) is 0 Å². The number of nitrogens with zero attached hydrogens (tertiary/aromatic N) is 4. The summed E-state index contributed by atoms with van der Waals surface area (Å²) < 4.78 is 14.3. The molecule has 3 amide bonds. The molecule has 0 bridgehead atoms. The number of nitrogens with one attached hydrogen (secondary N) is 3. The number of thiophene rings is 4. The van der Waals surface area contributed by atoms with Gasteiger partial charge in [0.1, 0.15) is 23.6 Å². The van der Waals surface area contributed by atoms with Crippen LogP contribution in [0.15, 0.2) is 104 Å². The molecule has 436 valence electrons. The van der Waals surface area contributed by atoms with Crippen LogP contribution in [-0.4, -0.2) is 104 Å². The van der Waals surface area contributed by atoms with Gasteiger partial charge in [0.25, 0.3) is 11.8 Å². The minimum Gasteiger partial charge on any atom is -0.544 e. The fourth-order valence-corrected chi connectivity index (χ4v) is 13.0. The van der Waals surface area contributed by atoms with Crippen molar-refractivity contribution >= 4 is 140 Å². The van der Waals surface area contributed by atoms with Crippen molar-refractivity contribution in [3.05, 3.63) is 150 Å². The molecule has 3 fully saturated rings. The molecule has 26 heteroatoms. The number of rotatable bonds is 19. The summed E-state index contributed by atoms with van der Waals surface area (Å²) in [5.41, 5.74) is 13.0. The summed E-state index contributed by atoms with van der Waals surface area (Å²) in [6.45, 7) is 2.08. The molecule has 0 aliphatic heterocycles. The second kappa shape index (κ2) is 29.6. The van der Waals surface area contributed by atoms with Gasteiger partial charge in [-0.05, 0) is 133 Å². The average molecular weight is 1240 g/mol. The predicted molar refractivity (Wildman–Crippen MR) is 320 cm³/mol. The van der Waals surface area contributed by atoms with Crippen LogP contribution in [-0.2, 0) is 25.7 Å². The SMILES string of the molecule is CCCCOC(=O)[C@@H](CNC(=O)c1cc2nccc(C3CC3)c2s1)NC(=O)OCc1ccccc1.N[C@H](CNC(=O)c1cc2nccc(C3CC3)c2s1)C(=O)O.O=C(O)c1cc2nccc(C3CC3)c2s1.O=C([O-])c1cc2nccc(Cl)c2s1.[Li+]. The van der Waals surface area contributed by atoms with Crippen LogP contribution in [0.25, 0.3) is 40.9 Å². The fraction of sp³-hybridized carbons (Fsp3) is 0.305. The van der Waals surface area contributed by atoms with Crippen molar-refractivity contribution in [3.63, 3.8) is 0 Å². The molecule has 3 aliphatic rings. The van der Waals surface area contributed by atoms with Crippen molar-refractivity contribution < 1.29 is 77.2 Å². The molecule has 1 aromatic carbocycles. The summed E-state index contributed by atoms with van der Waals surface area (Å²) >= 11 is 11.0. The fourth-order valence-electron chi connectivity index (χ4n) is 8.53. The number of ether oxygens (including phenoxy) is 2. The first-order valence-electron chi connectivity index (χ1n) is 26.9. The summed E-state index contributed by atoms with van der Waals surface area (Å²) in [5.74, 6) is -2.69. The number of unbranched alkanes of at least 4 members (excludes halogenated alkanes) is 1. The van der Waals surface area contributed by atoms with E-state index >= 15 is 0 Å². The van der Waals surface area contributed by atoms with Crippen molar-refractivity contribution in [1.82, 2.24) is 35.9 Å². The number of aromatic nitrogens is 4. The molecule has 20 nitrogen and oxygen atoms in total. The molecule has 85 heavy (non-hydrogen) atoms. The Balaban J connectivity index is 0.000000159. The van der Waals surface area contributed by atoms with Gasteiger partial charge in [-0.15, -0.1) is 45.3 Å². The number of hydrogen-bond donors (Lipinski definition) is 6. The van der Waals surface area contributed by atoms with Gasteiger partial charge in [-0.2, -0.15) is 0 Å². The van der Waals surface area contributed by atoms with Gasteiger partial charge >= 0.3 is 42.9 Å². The smallest absolute Gasteiger partial charge is 0.544 e. The third-order valence-electron chi connectivity index (χ3n) is 13.4. The number of pyridine rings is 4. The van der Waals surface area contributed by atoms with Gasteiger partial charge < -0.3 is 51.3 Å². The van der Waals surface area contributed by atoms with Crippen LogP contribution < -0.4 is 45.7 Å². The monoisotopic (exact) mass is 1240 g/mol. The van der Waals surface area contributed by atoms with Gasteiger partial charge in [0.2, 0.25) is 0 Å². The van der Waals surface area contributed by atoms with E-state index < -0.39 is 42.1 Å². The topological polar surface area (TPSA) is 315 Å². The number of esters is 1. The van der Waals surface area contributed by atoms with E-state index in [-0.39, 0.29) is 61.9 Å². The largest absolute Gasteiger partial charge is 1.00 e. The van der Waals surface area contributed by atoms with Crippen LogP contribution in [0.5, 0.6) is 0 Å². The first-order valence-corrected chi connectivity index (χ1v) is 30.5. The second-order valence-electron chi connectivity index (χ2n) is 19.9. The number of carbonyl (C=O) groups excluding carboxylic acids is 5. The predicted octanol–water partition coefficient (Wildman–Crippen LogP) is 7.05. The van der Waals surface area contributed by atoms with Gasteiger partial charge in [0.05, 0.1) is 73.1 Å². The van der Waals surface area contributed by atoms with Crippen LogP contribution in [0.3, 0.4) is 0 Å². The third kappa shape index (κ3) is 17.2. The van der Waals surface area contributed by atoms with Crippen molar-refractivity contribution in [3.8, 4) is 0 Å². The Morgan fingerprint density at radius 2 is 1.08 bits per heavy atom. The minimum absolute atomic E-state index is 0. The number of aliphatic carboxylic acids is 1. The Kier molecular flexibility index (Phi) is 22.2. The van der Waals surface area contributed by atoms with Crippen molar-refractivity contribution in [2.45, 2.75) is 94.7 Å². The quantitative estimate of drug-likeness (QED) is 0.0268. The zero-order valence-corrected chi connectivity index (χ0v) is 50.1. The molecule has 3 aliphatic carbocycles. The molecule has 12 rings (SSSR count). The Labute approximate surface area is 519 Å². The molecule has 7 N–H and O–H groups in total. The molecule has 0 radical (unpaired) electrons. The summed E-state index contributed by atoms with van der Waals surface area (Å²) in [6, 6.07) is 21.3. The number of hydrogen-bond acceptors (Lipinski definition) is 19. The number of aromatic carboxylic acids is 2. The summed E-state index contributed by atoms with van der Waals surface area (Å²) in [5, 5.41) is 36.5. The molecule has 3 saturated carbocycles. The molecule has 2 atom stereocenters. The number of carboxylic acids is 3. The Hall–Kier alpha value is -7.40.